The zero-order chi connectivity index (χ0) is 24.8. The summed E-state index contributed by atoms with van der Waals surface area (Å²) in [5.74, 6) is 25.6. The molecule has 0 radical (unpaired) electrons. The first-order valence-corrected chi connectivity index (χ1v) is 18.5. The van der Waals surface area contributed by atoms with Gasteiger partial charge in [0.2, 0.25) is 0 Å². The lowest BCUT2D eigenvalue weighted by Gasteiger charge is -3.04. The largest absolute Gasteiger partial charge is 0.110 e. The first kappa shape index (κ1) is 20.9. The predicted molar refractivity (Wildman–Crippen MR) is 151 cm³/mol. The lowest BCUT2D eigenvalue weighted by molar-refractivity contribution is -0.565. The fraction of sp³-hybridized carbons (Fsp3) is 1.00. The number of hydrogen-bond donors (Lipinski definition) is 0. The Bertz CT molecular complexity index is 1250. The van der Waals surface area contributed by atoms with Crippen LogP contribution in [0.1, 0.15) is 79.1 Å². The Morgan fingerprint density at radius 3 is 1.84 bits per heavy atom. The van der Waals surface area contributed by atoms with E-state index in [0.29, 0.717) is 0 Å². The smallest absolute Gasteiger partial charge is 0.0654 e. The normalized spacial score (nSPS) is 81.9. The van der Waals surface area contributed by atoms with E-state index in [-0.39, 0.29) is 0 Å². The van der Waals surface area contributed by atoms with Crippen molar-refractivity contribution in [2.45, 2.75) is 84.4 Å². The van der Waals surface area contributed by atoms with Crippen LogP contribution in [-0.4, -0.2) is 7.85 Å². The molecule has 0 aromatic carbocycles. The predicted octanol–water partition coefficient (Wildman–Crippen LogP) is 7.05. The maximum atomic E-state index is 2.86. The molecule has 0 heterocycles. The van der Waals surface area contributed by atoms with E-state index in [1.54, 1.807) is 38.5 Å². The molecule has 13 fully saturated rings. The summed E-state index contributed by atoms with van der Waals surface area (Å²) in [4.78, 5) is 0. The van der Waals surface area contributed by atoms with E-state index in [0.717, 1.165) is 27.5 Å². The summed E-state index contributed by atoms with van der Waals surface area (Å²) in [6.45, 7) is 10.3. The Morgan fingerprint density at radius 1 is 0.605 bits per heavy atom. The molecule has 24 unspecified atom stereocenters. The van der Waals surface area contributed by atoms with Crippen LogP contribution in [0.25, 0.3) is 0 Å². The molecule has 13 rings (SSSR count). The van der Waals surface area contributed by atoms with Crippen LogP contribution in [0.3, 0.4) is 0 Å². The van der Waals surface area contributed by atoms with Crippen LogP contribution < -0.4 is 0 Å². The van der Waals surface area contributed by atoms with Crippen molar-refractivity contribution in [1.29, 1.82) is 0 Å². The van der Waals surface area contributed by atoms with Gasteiger partial charge in [0.1, 0.15) is 7.85 Å². The molecule has 0 saturated heterocycles. The zero-order valence-corrected chi connectivity index (χ0v) is 24.8. The van der Waals surface area contributed by atoms with E-state index >= 15 is 0 Å². The molecule has 0 aromatic rings. The average molecular weight is 507 g/mol. The molecule has 13 saturated carbocycles. The summed E-state index contributed by atoms with van der Waals surface area (Å²) in [6.07, 6.45) is 12.7. The molecule has 38 heavy (non-hydrogen) atoms. The molecule has 0 aliphatic heterocycles. The molecule has 0 nitrogen and oxygen atoms in total. The Balaban J connectivity index is 0.850. The monoisotopic (exact) mass is 506 g/mol. The Hall–Kier alpha value is 0.0649. The SMILES string of the molecule is BC12C3CCC3C1C1C3C4C5C(C4C3C12CCC)C1C5C2C3C4C5C6CCC6(C(C)C)C5C4C3C12CCC. The van der Waals surface area contributed by atoms with Crippen LogP contribution in [0, 0.1) is 141 Å². The average Bonchev–Trinajstić information content (AvgIpc) is 2.82. The number of fused-ring (bicyclic) bond motifs is 34. The molecule has 1 heteroatoms. The summed E-state index contributed by atoms with van der Waals surface area (Å²) in [6, 6.07) is 0. The molecule has 0 amide bonds. The van der Waals surface area contributed by atoms with Crippen LogP contribution >= 0.6 is 0 Å². The van der Waals surface area contributed by atoms with E-state index in [2.05, 4.69) is 35.5 Å². The summed E-state index contributed by atoms with van der Waals surface area (Å²) < 4.78 is 0. The van der Waals surface area contributed by atoms with Crippen molar-refractivity contribution in [3.63, 3.8) is 0 Å². The van der Waals surface area contributed by atoms with Crippen LogP contribution in [-0.2, 0) is 0 Å². The topological polar surface area (TPSA) is 0 Å². The van der Waals surface area contributed by atoms with E-state index < -0.39 is 0 Å². The molecule has 0 aromatic heterocycles. The zero-order valence-electron chi connectivity index (χ0n) is 24.8. The van der Waals surface area contributed by atoms with E-state index in [1.165, 1.54) is 131 Å². The lowest BCUT2D eigenvalue weighted by Crippen LogP contribution is -3.00. The second-order valence-corrected chi connectivity index (χ2v) is 19.6. The number of rotatable bonds is 5. The van der Waals surface area contributed by atoms with Crippen molar-refractivity contribution < 1.29 is 0 Å². The van der Waals surface area contributed by atoms with Crippen molar-refractivity contribution in [3.05, 3.63) is 0 Å². The lowest BCUT2D eigenvalue weighted by atomic mass is 8.98. The first-order chi connectivity index (χ1) is 18.5. The molecule has 24 atom stereocenters. The van der Waals surface area contributed by atoms with Crippen LogP contribution in [0.5, 0.6) is 0 Å². The van der Waals surface area contributed by atoms with Gasteiger partial charge in [0, 0.05) is 0 Å². The van der Waals surface area contributed by atoms with Gasteiger partial charge in [-0.3, -0.25) is 0 Å². The fourth-order valence-electron chi connectivity index (χ4n) is 21.6. The molecule has 202 valence electrons. The van der Waals surface area contributed by atoms with Crippen LogP contribution in [0.15, 0.2) is 0 Å². The van der Waals surface area contributed by atoms with Crippen molar-refractivity contribution >= 4 is 7.85 Å². The van der Waals surface area contributed by atoms with Gasteiger partial charge in [-0.05, 0) is 178 Å². The third-order valence-corrected chi connectivity index (χ3v) is 21.3. The molecular weight excluding hydrogens is 455 g/mol. The minimum atomic E-state index is 0.818. The molecule has 13 aliphatic rings. The Morgan fingerprint density at radius 2 is 1.24 bits per heavy atom. The minimum Gasteiger partial charge on any atom is -0.0654 e. The second kappa shape index (κ2) is 5.33. The highest BCUT2D eigenvalue weighted by Crippen LogP contribution is 3.06. The van der Waals surface area contributed by atoms with Crippen LogP contribution in [0.4, 0.5) is 0 Å². The van der Waals surface area contributed by atoms with Gasteiger partial charge < -0.3 is 0 Å². The Labute approximate surface area is 232 Å². The highest BCUT2D eigenvalue weighted by molar-refractivity contribution is 6.19. The summed E-state index contributed by atoms with van der Waals surface area (Å²) in [5, 5.41) is 0.818. The summed E-state index contributed by atoms with van der Waals surface area (Å²) >= 11 is 0. The standard InChI is InChI=1S/C37H51B/c1-5-10-35-29-21-19(20-22(21)32-26(20)33-27-14-7-8-15(14)37(27,38)36(32,33)11-6-2)25(29)31(35)24-18-17-16-9-12-34(16,13(3)4)28(17)23(18)30(24)35/h13-33H,5-12,38H2,1-4H3. The van der Waals surface area contributed by atoms with Crippen molar-refractivity contribution in [2.75, 3.05) is 0 Å². The third kappa shape index (κ3) is 1.31. The maximum Gasteiger partial charge on any atom is 0.110 e. The van der Waals surface area contributed by atoms with Gasteiger partial charge in [-0.1, -0.05) is 47.0 Å². The van der Waals surface area contributed by atoms with Crippen molar-refractivity contribution in [1.82, 2.24) is 0 Å². The van der Waals surface area contributed by atoms with Gasteiger partial charge in [0.05, 0.1) is 0 Å². The van der Waals surface area contributed by atoms with Gasteiger partial charge in [-0.15, -0.1) is 0 Å². The minimum absolute atomic E-state index is 0.818. The summed E-state index contributed by atoms with van der Waals surface area (Å²) in [7, 11) is 2.86. The van der Waals surface area contributed by atoms with Crippen molar-refractivity contribution in [3.8, 4) is 0 Å². The molecule has 13 aliphatic carbocycles. The molecule has 0 spiro atoms. The fourth-order valence-corrected chi connectivity index (χ4v) is 21.6. The van der Waals surface area contributed by atoms with E-state index in [4.69, 9.17) is 0 Å². The maximum absolute atomic E-state index is 2.86. The van der Waals surface area contributed by atoms with Gasteiger partial charge in [-0.2, -0.15) is 0 Å². The molecular formula is C37H51B. The summed E-state index contributed by atoms with van der Waals surface area (Å²) in [5.41, 5.74) is 2.59. The highest BCUT2D eigenvalue weighted by Gasteiger charge is 3.01. The van der Waals surface area contributed by atoms with E-state index in [9.17, 15) is 0 Å². The molecule has 0 N–H and O–H groups in total. The van der Waals surface area contributed by atoms with Gasteiger partial charge in [0.25, 0.3) is 0 Å². The Kier molecular flexibility index (Phi) is 2.93. The second-order valence-electron chi connectivity index (χ2n) is 19.6. The van der Waals surface area contributed by atoms with Crippen LogP contribution in [0.2, 0.25) is 5.31 Å². The quantitative estimate of drug-likeness (QED) is 0.277. The van der Waals surface area contributed by atoms with Gasteiger partial charge in [0.15, 0.2) is 0 Å². The number of hydrogen-bond acceptors (Lipinski definition) is 0. The molecule has 0 bridgehead atoms. The van der Waals surface area contributed by atoms with Crippen molar-refractivity contribution in [2.24, 2.45) is 141 Å². The van der Waals surface area contributed by atoms with Gasteiger partial charge in [-0.25, -0.2) is 0 Å². The third-order valence-electron chi connectivity index (χ3n) is 21.3. The van der Waals surface area contributed by atoms with E-state index in [1.807, 2.05) is 0 Å². The van der Waals surface area contributed by atoms with Gasteiger partial charge >= 0.3 is 0 Å². The first-order valence-electron chi connectivity index (χ1n) is 18.5. The highest BCUT2D eigenvalue weighted by atomic mass is 15.0.